The van der Waals surface area contributed by atoms with Gasteiger partial charge in [-0.3, -0.25) is 4.79 Å². The summed E-state index contributed by atoms with van der Waals surface area (Å²) in [4.78, 5) is 12.1. The van der Waals surface area contributed by atoms with E-state index in [1.807, 2.05) is 0 Å². The molecule has 24 heavy (non-hydrogen) atoms. The maximum atomic E-state index is 12.1. The Morgan fingerprint density at radius 1 is 1.12 bits per heavy atom. The quantitative estimate of drug-likeness (QED) is 0.773. The number of hydrogen-bond acceptors (Lipinski definition) is 3. The fourth-order valence-electron chi connectivity index (χ4n) is 7.32. The van der Waals surface area contributed by atoms with Gasteiger partial charge < -0.3 is 10.2 Å². The van der Waals surface area contributed by atoms with Crippen LogP contribution in [0.15, 0.2) is 11.6 Å². The predicted octanol–water partition coefficient (Wildman–Crippen LogP) is 3.49. The molecule has 4 aliphatic rings. The second-order valence-corrected chi connectivity index (χ2v) is 9.59. The predicted molar refractivity (Wildman–Crippen MR) is 93.3 cm³/mol. The standard InChI is InChI=1S/C21H32O3/c1-12(22)15-4-5-16-19-17(7-9-21(15,16)3)20(2)8-6-14(23)10-13(20)11-18(19)24/h4,13-14,16-19,23-24H,5-11H2,1-3H3/t13?,14-,16-,17-,18+,19-,20-,21+/m0/s1. The van der Waals surface area contributed by atoms with Crippen molar-refractivity contribution >= 4 is 5.78 Å². The average Bonchev–Trinajstić information content (AvgIpc) is 2.86. The molecule has 3 heteroatoms. The number of carbonyl (C=O) groups excluding carboxylic acids is 1. The molecule has 3 fully saturated rings. The number of Topliss-reactive ketones (excluding diaryl/α,β-unsaturated/α-hetero) is 1. The Balaban J connectivity index is 1.67. The summed E-state index contributed by atoms with van der Waals surface area (Å²) in [6.45, 7) is 6.38. The Labute approximate surface area is 145 Å². The second-order valence-electron chi connectivity index (χ2n) is 9.59. The van der Waals surface area contributed by atoms with Crippen molar-refractivity contribution in [2.24, 2.45) is 34.5 Å². The van der Waals surface area contributed by atoms with Gasteiger partial charge in [-0.05, 0) is 91.9 Å². The molecule has 8 atom stereocenters. The molecule has 0 saturated heterocycles. The molecule has 4 rings (SSSR count). The molecule has 2 N–H and O–H groups in total. The van der Waals surface area contributed by atoms with E-state index in [-0.39, 0.29) is 28.8 Å². The largest absolute Gasteiger partial charge is 0.393 e. The first-order chi connectivity index (χ1) is 11.3. The Morgan fingerprint density at radius 2 is 1.88 bits per heavy atom. The van der Waals surface area contributed by atoms with Crippen molar-refractivity contribution in [3.63, 3.8) is 0 Å². The van der Waals surface area contributed by atoms with Gasteiger partial charge in [0.1, 0.15) is 0 Å². The Morgan fingerprint density at radius 3 is 2.58 bits per heavy atom. The molecule has 0 radical (unpaired) electrons. The number of allylic oxidation sites excluding steroid dienone is 2. The van der Waals surface area contributed by atoms with Crippen molar-refractivity contribution in [1.29, 1.82) is 0 Å². The summed E-state index contributed by atoms with van der Waals surface area (Å²) in [5.74, 6) is 1.93. The Kier molecular flexibility index (Phi) is 3.78. The lowest BCUT2D eigenvalue weighted by molar-refractivity contribution is -0.166. The number of aliphatic hydroxyl groups is 2. The number of rotatable bonds is 1. The van der Waals surface area contributed by atoms with Gasteiger partial charge in [0, 0.05) is 0 Å². The smallest absolute Gasteiger partial charge is 0.156 e. The summed E-state index contributed by atoms with van der Waals surface area (Å²) in [5.41, 5.74) is 1.24. The maximum Gasteiger partial charge on any atom is 0.156 e. The van der Waals surface area contributed by atoms with Crippen LogP contribution in [0.3, 0.4) is 0 Å². The molecule has 0 aromatic carbocycles. The highest BCUT2D eigenvalue weighted by molar-refractivity contribution is 5.95. The summed E-state index contributed by atoms with van der Waals surface area (Å²) in [7, 11) is 0. The van der Waals surface area contributed by atoms with Gasteiger partial charge in [-0.1, -0.05) is 19.9 Å². The third-order valence-electron chi connectivity index (χ3n) is 8.62. The lowest BCUT2D eigenvalue weighted by atomic mass is 9.44. The van der Waals surface area contributed by atoms with E-state index in [2.05, 4.69) is 19.9 Å². The SMILES string of the molecule is CC(=O)C1=CC[C@H]2[C@@H]3[C@H](O)CC4C[C@@H](O)CC[C@]4(C)[C@H]3CC[C@]12C. The number of fused-ring (bicyclic) bond motifs is 5. The average molecular weight is 332 g/mol. The molecule has 0 bridgehead atoms. The third kappa shape index (κ3) is 2.13. The maximum absolute atomic E-state index is 12.1. The van der Waals surface area contributed by atoms with Crippen molar-refractivity contribution < 1.29 is 15.0 Å². The molecule has 0 heterocycles. The van der Waals surface area contributed by atoms with Gasteiger partial charge in [0.25, 0.3) is 0 Å². The number of ketones is 1. The van der Waals surface area contributed by atoms with Crippen LogP contribution in [0.25, 0.3) is 0 Å². The fourth-order valence-corrected chi connectivity index (χ4v) is 7.32. The van der Waals surface area contributed by atoms with Crippen LogP contribution in [0.4, 0.5) is 0 Å². The van der Waals surface area contributed by atoms with Crippen molar-refractivity contribution in [2.45, 2.75) is 77.9 Å². The summed E-state index contributed by atoms with van der Waals surface area (Å²) < 4.78 is 0. The summed E-state index contributed by atoms with van der Waals surface area (Å²) in [6.07, 6.45) is 8.53. The normalized spacial score (nSPS) is 53.6. The first kappa shape index (κ1) is 16.8. The van der Waals surface area contributed by atoms with Gasteiger partial charge >= 0.3 is 0 Å². The topological polar surface area (TPSA) is 57.5 Å². The van der Waals surface area contributed by atoms with Crippen LogP contribution in [0, 0.1) is 34.5 Å². The van der Waals surface area contributed by atoms with Gasteiger partial charge in [0.05, 0.1) is 12.2 Å². The molecule has 0 aromatic heterocycles. The minimum Gasteiger partial charge on any atom is -0.393 e. The minimum absolute atomic E-state index is 0.0364. The van der Waals surface area contributed by atoms with Crippen LogP contribution in [0.2, 0.25) is 0 Å². The Bertz CT molecular complexity index is 582. The number of carbonyl (C=O) groups is 1. The molecule has 0 amide bonds. The van der Waals surface area contributed by atoms with Gasteiger partial charge in [0.2, 0.25) is 0 Å². The van der Waals surface area contributed by atoms with Crippen LogP contribution in [-0.4, -0.2) is 28.2 Å². The molecular formula is C21H32O3. The molecule has 0 aliphatic heterocycles. The molecule has 3 nitrogen and oxygen atoms in total. The van der Waals surface area contributed by atoms with Crippen LogP contribution >= 0.6 is 0 Å². The molecular weight excluding hydrogens is 300 g/mol. The molecule has 134 valence electrons. The summed E-state index contributed by atoms with van der Waals surface area (Å²) in [6, 6.07) is 0. The van der Waals surface area contributed by atoms with E-state index < -0.39 is 0 Å². The fraction of sp³-hybridized carbons (Fsp3) is 0.857. The minimum atomic E-state index is -0.275. The monoisotopic (exact) mass is 332 g/mol. The number of hydrogen-bond donors (Lipinski definition) is 2. The summed E-state index contributed by atoms with van der Waals surface area (Å²) in [5, 5.41) is 21.1. The molecule has 0 aromatic rings. The zero-order valence-electron chi connectivity index (χ0n) is 15.3. The second kappa shape index (κ2) is 5.41. The van der Waals surface area contributed by atoms with E-state index in [0.29, 0.717) is 23.7 Å². The highest BCUT2D eigenvalue weighted by Crippen LogP contribution is 2.66. The lowest BCUT2D eigenvalue weighted by Crippen LogP contribution is -2.58. The zero-order chi connectivity index (χ0) is 17.3. The Hall–Kier alpha value is -0.670. The van der Waals surface area contributed by atoms with Gasteiger partial charge in [-0.2, -0.15) is 0 Å². The van der Waals surface area contributed by atoms with Crippen LogP contribution in [-0.2, 0) is 4.79 Å². The molecule has 0 spiro atoms. The molecule has 1 unspecified atom stereocenters. The van der Waals surface area contributed by atoms with E-state index in [4.69, 9.17) is 0 Å². The van der Waals surface area contributed by atoms with Crippen LogP contribution in [0.5, 0.6) is 0 Å². The molecule has 3 saturated carbocycles. The first-order valence-corrected chi connectivity index (χ1v) is 9.85. The highest BCUT2D eigenvalue weighted by Gasteiger charge is 2.61. The third-order valence-corrected chi connectivity index (χ3v) is 8.62. The first-order valence-electron chi connectivity index (χ1n) is 9.85. The zero-order valence-corrected chi connectivity index (χ0v) is 15.3. The van der Waals surface area contributed by atoms with Crippen LogP contribution in [0.1, 0.15) is 65.7 Å². The van der Waals surface area contributed by atoms with Gasteiger partial charge in [-0.15, -0.1) is 0 Å². The van der Waals surface area contributed by atoms with Crippen LogP contribution < -0.4 is 0 Å². The summed E-state index contributed by atoms with van der Waals surface area (Å²) >= 11 is 0. The van der Waals surface area contributed by atoms with E-state index in [0.717, 1.165) is 50.5 Å². The van der Waals surface area contributed by atoms with Crippen molar-refractivity contribution in [1.82, 2.24) is 0 Å². The van der Waals surface area contributed by atoms with Gasteiger partial charge in [0.15, 0.2) is 5.78 Å². The molecule has 4 aliphatic carbocycles. The lowest BCUT2D eigenvalue weighted by Gasteiger charge is -2.62. The van der Waals surface area contributed by atoms with E-state index in [1.165, 1.54) is 0 Å². The van der Waals surface area contributed by atoms with Crippen molar-refractivity contribution in [2.75, 3.05) is 0 Å². The number of aliphatic hydroxyl groups excluding tert-OH is 2. The van der Waals surface area contributed by atoms with E-state index >= 15 is 0 Å². The van der Waals surface area contributed by atoms with Crippen molar-refractivity contribution in [3.8, 4) is 0 Å². The van der Waals surface area contributed by atoms with E-state index in [9.17, 15) is 15.0 Å². The van der Waals surface area contributed by atoms with E-state index in [1.54, 1.807) is 6.92 Å². The van der Waals surface area contributed by atoms with Crippen molar-refractivity contribution in [3.05, 3.63) is 11.6 Å². The highest BCUT2D eigenvalue weighted by atomic mass is 16.3. The van der Waals surface area contributed by atoms with Gasteiger partial charge in [-0.25, -0.2) is 0 Å².